The number of nitrogens with one attached hydrogen (secondary N) is 3. The molecule has 3 rings (SSSR count). The molecule has 174 valence electrons. The van der Waals surface area contributed by atoms with Crippen molar-refractivity contribution >= 4 is 35.8 Å². The van der Waals surface area contributed by atoms with Crippen LogP contribution in [0.5, 0.6) is 11.5 Å². The van der Waals surface area contributed by atoms with Crippen molar-refractivity contribution in [3.8, 4) is 11.5 Å². The van der Waals surface area contributed by atoms with E-state index in [0.717, 1.165) is 36.3 Å². The van der Waals surface area contributed by atoms with E-state index in [1.165, 1.54) is 24.8 Å². The molecule has 3 N–H and O–H groups in total. The number of hydrogen-bond acceptors (Lipinski definition) is 4. The lowest BCUT2D eigenvalue weighted by molar-refractivity contribution is -0.125. The van der Waals surface area contributed by atoms with E-state index in [0.29, 0.717) is 32.2 Å². The Morgan fingerprint density at radius 2 is 1.90 bits per heavy atom. The van der Waals surface area contributed by atoms with Gasteiger partial charge < -0.3 is 25.4 Å². The molecule has 0 radical (unpaired) electrons. The zero-order valence-electron chi connectivity index (χ0n) is 19.0. The molecule has 1 aliphatic carbocycles. The number of guanidine groups is 1. The smallest absolute Gasteiger partial charge is 0.223 e. The van der Waals surface area contributed by atoms with Gasteiger partial charge in [-0.25, -0.2) is 0 Å². The summed E-state index contributed by atoms with van der Waals surface area (Å²) in [5.74, 6) is 2.90. The molecule has 1 heterocycles. The molecule has 1 aromatic rings. The average Bonchev–Trinajstić information content (AvgIpc) is 3.12. The number of halogens is 1. The second kappa shape index (κ2) is 13.0. The summed E-state index contributed by atoms with van der Waals surface area (Å²) < 4.78 is 11.7. The summed E-state index contributed by atoms with van der Waals surface area (Å²) in [6.45, 7) is 6.49. The molecular weight excluding hydrogens is 507 g/mol. The molecule has 1 amide bonds. The molecule has 1 saturated carbocycles. The van der Waals surface area contributed by atoms with Crippen LogP contribution in [0.1, 0.15) is 57.1 Å². The molecule has 8 heteroatoms. The maximum absolute atomic E-state index is 12.2. The van der Waals surface area contributed by atoms with E-state index in [1.54, 1.807) is 7.05 Å². The SMILES string of the molecule is CCOc1cc2c(cc1CNC(=NC)NCCNC(=O)C1CCCCC1)OC(C)C2.I. The van der Waals surface area contributed by atoms with E-state index in [1.807, 2.05) is 6.92 Å². The average molecular weight is 544 g/mol. The molecule has 1 atom stereocenters. The summed E-state index contributed by atoms with van der Waals surface area (Å²) in [5.41, 5.74) is 2.24. The Hall–Kier alpha value is -1.71. The van der Waals surface area contributed by atoms with Crippen LogP contribution in [0.4, 0.5) is 0 Å². The van der Waals surface area contributed by atoms with Crippen molar-refractivity contribution in [1.29, 1.82) is 0 Å². The number of rotatable bonds is 8. The fraction of sp³-hybridized carbons (Fsp3) is 0.652. The Balaban J connectivity index is 0.00000341. The quantitative estimate of drug-likeness (QED) is 0.202. The van der Waals surface area contributed by atoms with Crippen molar-refractivity contribution in [3.63, 3.8) is 0 Å². The van der Waals surface area contributed by atoms with Gasteiger partial charge in [0.25, 0.3) is 0 Å². The number of nitrogens with zero attached hydrogens (tertiary/aromatic N) is 1. The van der Waals surface area contributed by atoms with Crippen LogP contribution in [-0.2, 0) is 17.8 Å². The topological polar surface area (TPSA) is 84.0 Å². The lowest BCUT2D eigenvalue weighted by Crippen LogP contribution is -2.42. The minimum absolute atomic E-state index is 0. The molecule has 7 nitrogen and oxygen atoms in total. The van der Waals surface area contributed by atoms with Gasteiger partial charge in [-0.15, -0.1) is 24.0 Å². The van der Waals surface area contributed by atoms with E-state index >= 15 is 0 Å². The third kappa shape index (κ3) is 7.43. The van der Waals surface area contributed by atoms with Gasteiger partial charge in [0.2, 0.25) is 5.91 Å². The number of carbonyl (C=O) groups is 1. The molecule has 1 unspecified atom stereocenters. The third-order valence-corrected chi connectivity index (χ3v) is 5.74. The zero-order valence-corrected chi connectivity index (χ0v) is 21.3. The van der Waals surface area contributed by atoms with Gasteiger partial charge in [-0.05, 0) is 38.8 Å². The van der Waals surface area contributed by atoms with Crippen LogP contribution in [0.15, 0.2) is 17.1 Å². The largest absolute Gasteiger partial charge is 0.494 e. The lowest BCUT2D eigenvalue weighted by Gasteiger charge is -2.21. The molecule has 0 aromatic heterocycles. The second-order valence-electron chi connectivity index (χ2n) is 8.11. The van der Waals surface area contributed by atoms with E-state index in [4.69, 9.17) is 9.47 Å². The first-order valence-electron chi connectivity index (χ1n) is 11.3. The van der Waals surface area contributed by atoms with Gasteiger partial charge in [-0.3, -0.25) is 9.79 Å². The summed E-state index contributed by atoms with van der Waals surface area (Å²) in [4.78, 5) is 16.5. The van der Waals surface area contributed by atoms with Crippen LogP contribution in [0, 0.1) is 5.92 Å². The van der Waals surface area contributed by atoms with Gasteiger partial charge in [-0.2, -0.15) is 0 Å². The summed E-state index contributed by atoms with van der Waals surface area (Å²) in [5, 5.41) is 9.63. The monoisotopic (exact) mass is 544 g/mol. The van der Waals surface area contributed by atoms with Crippen LogP contribution < -0.4 is 25.4 Å². The Morgan fingerprint density at radius 1 is 1.16 bits per heavy atom. The van der Waals surface area contributed by atoms with Crippen LogP contribution in [-0.4, -0.2) is 44.7 Å². The highest BCUT2D eigenvalue weighted by atomic mass is 127. The minimum Gasteiger partial charge on any atom is -0.494 e. The molecule has 0 spiro atoms. The predicted octanol–water partition coefficient (Wildman–Crippen LogP) is 3.39. The Morgan fingerprint density at radius 3 is 2.61 bits per heavy atom. The second-order valence-corrected chi connectivity index (χ2v) is 8.11. The van der Waals surface area contributed by atoms with E-state index in [-0.39, 0.29) is 41.9 Å². The minimum atomic E-state index is 0. The summed E-state index contributed by atoms with van der Waals surface area (Å²) in [7, 11) is 1.74. The van der Waals surface area contributed by atoms with Crippen molar-refractivity contribution in [2.75, 3.05) is 26.7 Å². The van der Waals surface area contributed by atoms with Crippen molar-refractivity contribution < 1.29 is 14.3 Å². The van der Waals surface area contributed by atoms with E-state index in [2.05, 4.69) is 40.0 Å². The molecule has 0 saturated heterocycles. The molecule has 0 bridgehead atoms. The van der Waals surface area contributed by atoms with Gasteiger partial charge in [-0.1, -0.05) is 19.3 Å². The lowest BCUT2D eigenvalue weighted by atomic mass is 9.89. The van der Waals surface area contributed by atoms with Gasteiger partial charge >= 0.3 is 0 Å². The molecule has 1 aromatic carbocycles. The molecular formula is C23H37IN4O3. The van der Waals surface area contributed by atoms with Crippen LogP contribution in [0.25, 0.3) is 0 Å². The van der Waals surface area contributed by atoms with Crippen molar-refractivity contribution in [2.45, 2.75) is 65.0 Å². The first-order valence-corrected chi connectivity index (χ1v) is 11.3. The number of fused-ring (bicyclic) bond motifs is 1. The first-order chi connectivity index (χ1) is 14.6. The number of benzene rings is 1. The van der Waals surface area contributed by atoms with E-state index in [9.17, 15) is 4.79 Å². The molecule has 1 aliphatic heterocycles. The highest BCUT2D eigenvalue weighted by Crippen LogP contribution is 2.35. The highest BCUT2D eigenvalue weighted by molar-refractivity contribution is 14.0. The van der Waals surface area contributed by atoms with Gasteiger partial charge in [0.1, 0.15) is 17.6 Å². The zero-order chi connectivity index (χ0) is 21.3. The Bertz CT molecular complexity index is 751. The Kier molecular flexibility index (Phi) is 10.7. The van der Waals surface area contributed by atoms with Crippen LogP contribution in [0.2, 0.25) is 0 Å². The normalized spacial score (nSPS) is 18.4. The standard InChI is InChI=1S/C23H36N4O3.HI/c1-4-29-20-13-18-12-16(2)30-21(18)14-19(20)15-27-23(24-3)26-11-10-25-22(28)17-8-6-5-7-9-17;/h13-14,16-17H,4-12,15H2,1-3H3,(H,25,28)(H2,24,26,27);1H. The van der Waals surface area contributed by atoms with Crippen LogP contribution >= 0.6 is 24.0 Å². The molecule has 1 fully saturated rings. The summed E-state index contributed by atoms with van der Waals surface area (Å²) in [6, 6.07) is 4.16. The Labute approximate surface area is 203 Å². The van der Waals surface area contributed by atoms with E-state index < -0.39 is 0 Å². The molecule has 2 aliphatic rings. The van der Waals surface area contributed by atoms with Crippen LogP contribution in [0.3, 0.4) is 0 Å². The fourth-order valence-electron chi connectivity index (χ4n) is 4.18. The predicted molar refractivity (Wildman–Crippen MR) is 135 cm³/mol. The van der Waals surface area contributed by atoms with Crippen molar-refractivity contribution in [1.82, 2.24) is 16.0 Å². The first kappa shape index (κ1) is 25.5. The highest BCUT2D eigenvalue weighted by Gasteiger charge is 2.22. The summed E-state index contributed by atoms with van der Waals surface area (Å²) in [6.07, 6.45) is 6.76. The number of amides is 1. The fourth-order valence-corrected chi connectivity index (χ4v) is 4.18. The van der Waals surface area contributed by atoms with Gasteiger partial charge in [0.05, 0.1) is 6.61 Å². The van der Waals surface area contributed by atoms with Crippen molar-refractivity contribution in [2.24, 2.45) is 10.9 Å². The molecule has 31 heavy (non-hydrogen) atoms. The number of ether oxygens (including phenoxy) is 2. The van der Waals surface area contributed by atoms with Gasteiger partial charge in [0, 0.05) is 50.1 Å². The maximum atomic E-state index is 12.2. The maximum Gasteiger partial charge on any atom is 0.223 e. The number of hydrogen-bond donors (Lipinski definition) is 3. The van der Waals surface area contributed by atoms with Crippen molar-refractivity contribution in [3.05, 3.63) is 23.3 Å². The summed E-state index contributed by atoms with van der Waals surface area (Å²) >= 11 is 0. The van der Waals surface area contributed by atoms with Gasteiger partial charge in [0.15, 0.2) is 5.96 Å². The number of carbonyl (C=O) groups excluding carboxylic acids is 1. The third-order valence-electron chi connectivity index (χ3n) is 5.74. The number of aliphatic imine (C=N–C) groups is 1.